The van der Waals surface area contributed by atoms with E-state index in [4.69, 9.17) is 10.6 Å². The van der Waals surface area contributed by atoms with E-state index in [2.05, 4.69) is 42.3 Å². The number of hydrogen-bond donors (Lipinski definition) is 1. The van der Waals surface area contributed by atoms with Crippen LogP contribution in [0.25, 0.3) is 0 Å². The van der Waals surface area contributed by atoms with Gasteiger partial charge in [-0.2, -0.15) is 5.06 Å². The van der Waals surface area contributed by atoms with Crippen LogP contribution >= 0.6 is 0 Å². The summed E-state index contributed by atoms with van der Waals surface area (Å²) in [4.78, 5) is 6.19. The second kappa shape index (κ2) is 7.58. The number of nitrogens with two attached hydrogens (primary N) is 1. The molecule has 1 heterocycles. The van der Waals surface area contributed by atoms with Crippen molar-refractivity contribution in [3.63, 3.8) is 0 Å². The first-order valence-electron chi connectivity index (χ1n) is 8.95. The van der Waals surface area contributed by atoms with Gasteiger partial charge in [0.1, 0.15) is 0 Å². The third kappa shape index (κ3) is 4.09. The molecule has 22 heavy (non-hydrogen) atoms. The summed E-state index contributed by atoms with van der Waals surface area (Å²) in [5.74, 6) is 0.825. The van der Waals surface area contributed by atoms with Gasteiger partial charge in [0.25, 0.3) is 0 Å². The normalized spacial score (nSPS) is 28.8. The van der Waals surface area contributed by atoms with Gasteiger partial charge in [-0.1, -0.05) is 62.4 Å². The Balaban J connectivity index is 1.51. The van der Waals surface area contributed by atoms with Crippen molar-refractivity contribution in [3.8, 4) is 0 Å². The molecule has 2 N–H and O–H groups in total. The fourth-order valence-electron chi connectivity index (χ4n) is 3.94. The van der Waals surface area contributed by atoms with Crippen LogP contribution in [0.3, 0.4) is 0 Å². The molecule has 0 amide bonds. The molecule has 1 saturated carbocycles. The lowest BCUT2D eigenvalue weighted by Crippen LogP contribution is -2.37. The van der Waals surface area contributed by atoms with E-state index in [0.29, 0.717) is 6.04 Å². The zero-order valence-corrected chi connectivity index (χ0v) is 13.8. The van der Waals surface area contributed by atoms with Gasteiger partial charge in [-0.25, -0.2) is 0 Å². The Hall–Kier alpha value is -0.900. The first-order valence-corrected chi connectivity index (χ1v) is 8.95. The summed E-state index contributed by atoms with van der Waals surface area (Å²) in [6, 6.07) is 11.2. The van der Waals surface area contributed by atoms with Gasteiger partial charge < -0.3 is 5.73 Å². The molecule has 3 rings (SSSR count). The SMILES string of the molecule is CC1CC([C@@H](N)CC2CCCCC2)ON1Cc1ccccc1. The molecule has 1 aromatic carbocycles. The number of hydroxylamine groups is 2. The summed E-state index contributed by atoms with van der Waals surface area (Å²) in [5.41, 5.74) is 7.78. The van der Waals surface area contributed by atoms with E-state index in [-0.39, 0.29) is 12.1 Å². The smallest absolute Gasteiger partial charge is 0.0959 e. The number of nitrogens with zero attached hydrogens (tertiary/aromatic N) is 1. The number of rotatable bonds is 5. The van der Waals surface area contributed by atoms with Crippen molar-refractivity contribution in [1.82, 2.24) is 5.06 Å². The third-order valence-electron chi connectivity index (χ3n) is 5.32. The minimum atomic E-state index is 0.186. The maximum absolute atomic E-state index is 6.48. The molecule has 1 saturated heterocycles. The quantitative estimate of drug-likeness (QED) is 0.897. The van der Waals surface area contributed by atoms with Crippen molar-refractivity contribution in [2.45, 2.75) is 76.6 Å². The molecule has 1 aromatic rings. The van der Waals surface area contributed by atoms with Crippen LogP contribution in [0.2, 0.25) is 0 Å². The first-order chi connectivity index (χ1) is 10.7. The zero-order chi connectivity index (χ0) is 15.4. The largest absolute Gasteiger partial charge is 0.325 e. The van der Waals surface area contributed by atoms with E-state index >= 15 is 0 Å². The highest BCUT2D eigenvalue weighted by molar-refractivity contribution is 5.14. The predicted molar refractivity (Wildman–Crippen MR) is 90.1 cm³/mol. The third-order valence-corrected chi connectivity index (χ3v) is 5.32. The van der Waals surface area contributed by atoms with Gasteiger partial charge in [-0.05, 0) is 31.2 Å². The highest BCUT2D eigenvalue weighted by Crippen LogP contribution is 2.31. The van der Waals surface area contributed by atoms with E-state index in [0.717, 1.165) is 25.3 Å². The maximum Gasteiger partial charge on any atom is 0.0959 e. The van der Waals surface area contributed by atoms with E-state index in [1.165, 1.54) is 37.7 Å². The van der Waals surface area contributed by atoms with Crippen LogP contribution < -0.4 is 5.73 Å². The highest BCUT2D eigenvalue weighted by atomic mass is 16.7. The predicted octanol–water partition coefficient (Wildman–Crippen LogP) is 3.88. The molecule has 3 atom stereocenters. The van der Waals surface area contributed by atoms with Crippen LogP contribution in [0, 0.1) is 5.92 Å². The van der Waals surface area contributed by atoms with Crippen LogP contribution in [0.1, 0.15) is 57.4 Å². The highest BCUT2D eigenvalue weighted by Gasteiger charge is 2.35. The molecule has 3 heteroatoms. The minimum Gasteiger partial charge on any atom is -0.325 e. The first kappa shape index (κ1) is 16.0. The summed E-state index contributed by atoms with van der Waals surface area (Å²) in [6.45, 7) is 3.10. The Morgan fingerprint density at radius 2 is 1.91 bits per heavy atom. The second-order valence-electron chi connectivity index (χ2n) is 7.19. The Kier molecular flexibility index (Phi) is 5.51. The Bertz CT molecular complexity index is 444. The molecular formula is C19H30N2O. The van der Waals surface area contributed by atoms with Gasteiger partial charge in [0, 0.05) is 18.6 Å². The lowest BCUT2D eigenvalue weighted by Gasteiger charge is -2.27. The maximum atomic E-state index is 6.48. The van der Waals surface area contributed by atoms with Crippen molar-refractivity contribution in [1.29, 1.82) is 0 Å². The fourth-order valence-corrected chi connectivity index (χ4v) is 3.94. The van der Waals surface area contributed by atoms with E-state index in [1.54, 1.807) is 0 Å². The Labute approximate surface area is 134 Å². The van der Waals surface area contributed by atoms with Gasteiger partial charge >= 0.3 is 0 Å². The van der Waals surface area contributed by atoms with Crippen molar-refractivity contribution in [3.05, 3.63) is 35.9 Å². The zero-order valence-electron chi connectivity index (χ0n) is 13.8. The van der Waals surface area contributed by atoms with E-state index in [9.17, 15) is 0 Å². The summed E-state index contributed by atoms with van der Waals surface area (Å²) < 4.78 is 0. The summed E-state index contributed by atoms with van der Waals surface area (Å²) in [7, 11) is 0. The van der Waals surface area contributed by atoms with Gasteiger partial charge in [0.2, 0.25) is 0 Å². The lowest BCUT2D eigenvalue weighted by atomic mass is 9.83. The van der Waals surface area contributed by atoms with Gasteiger partial charge in [0.05, 0.1) is 6.10 Å². The summed E-state index contributed by atoms with van der Waals surface area (Å²) in [5, 5.41) is 2.13. The van der Waals surface area contributed by atoms with Crippen molar-refractivity contribution < 1.29 is 4.84 Å². The van der Waals surface area contributed by atoms with E-state index in [1.807, 2.05) is 0 Å². The molecular weight excluding hydrogens is 272 g/mol. The molecule has 0 aromatic heterocycles. The molecule has 3 nitrogen and oxygen atoms in total. The van der Waals surface area contributed by atoms with Crippen LogP contribution in [-0.4, -0.2) is 23.3 Å². The standard InChI is InChI=1S/C19H30N2O/c1-15-12-19(18(20)13-16-8-4-2-5-9-16)22-21(15)14-17-10-6-3-7-11-17/h3,6-7,10-11,15-16,18-19H,2,4-5,8-9,12-14,20H2,1H3/t15?,18-,19?/m0/s1. The monoisotopic (exact) mass is 302 g/mol. The van der Waals surface area contributed by atoms with Gasteiger partial charge in [0.15, 0.2) is 0 Å². The molecule has 122 valence electrons. The molecule has 0 bridgehead atoms. The second-order valence-corrected chi connectivity index (χ2v) is 7.19. The molecule has 2 unspecified atom stereocenters. The number of benzene rings is 1. The molecule has 2 aliphatic rings. The average Bonchev–Trinajstić information content (AvgIpc) is 2.90. The Morgan fingerprint density at radius 1 is 1.18 bits per heavy atom. The molecule has 0 spiro atoms. The van der Waals surface area contributed by atoms with Gasteiger partial charge in [-0.3, -0.25) is 4.84 Å². The van der Waals surface area contributed by atoms with E-state index < -0.39 is 0 Å². The van der Waals surface area contributed by atoms with Crippen molar-refractivity contribution >= 4 is 0 Å². The van der Waals surface area contributed by atoms with Crippen LogP contribution in [0.4, 0.5) is 0 Å². The Morgan fingerprint density at radius 3 is 2.64 bits per heavy atom. The van der Waals surface area contributed by atoms with Crippen LogP contribution in [0.15, 0.2) is 30.3 Å². The molecule has 1 aliphatic heterocycles. The molecule has 1 aliphatic carbocycles. The average molecular weight is 302 g/mol. The van der Waals surface area contributed by atoms with Gasteiger partial charge in [-0.15, -0.1) is 0 Å². The summed E-state index contributed by atoms with van der Waals surface area (Å²) >= 11 is 0. The number of hydrogen-bond acceptors (Lipinski definition) is 3. The van der Waals surface area contributed by atoms with Crippen molar-refractivity contribution in [2.75, 3.05) is 0 Å². The van der Waals surface area contributed by atoms with Crippen molar-refractivity contribution in [2.24, 2.45) is 11.7 Å². The lowest BCUT2D eigenvalue weighted by molar-refractivity contribution is -0.172. The molecule has 0 radical (unpaired) electrons. The van der Waals surface area contributed by atoms with Crippen LogP contribution in [0.5, 0.6) is 0 Å². The fraction of sp³-hybridized carbons (Fsp3) is 0.684. The topological polar surface area (TPSA) is 38.5 Å². The minimum absolute atomic E-state index is 0.186. The molecule has 2 fully saturated rings. The van der Waals surface area contributed by atoms with Crippen LogP contribution in [-0.2, 0) is 11.4 Å². The summed E-state index contributed by atoms with van der Waals surface area (Å²) in [6.07, 6.45) is 9.30.